The topological polar surface area (TPSA) is 9.23 Å². The third-order valence-corrected chi connectivity index (χ3v) is 4.58. The predicted molar refractivity (Wildman–Crippen MR) is 68.1 cm³/mol. The summed E-state index contributed by atoms with van der Waals surface area (Å²) in [6.07, 6.45) is 4.61. The molecule has 0 aromatic heterocycles. The molecule has 3 heteroatoms. The lowest BCUT2D eigenvalue weighted by atomic mass is 9.81. The lowest BCUT2D eigenvalue weighted by Crippen LogP contribution is -2.18. The average Bonchev–Trinajstić information content (AvgIpc) is 2.76. The van der Waals surface area contributed by atoms with Gasteiger partial charge < -0.3 is 4.74 Å². The molecule has 2 rings (SSSR count). The number of methoxy groups -OCH3 is 1. The fourth-order valence-corrected chi connectivity index (χ4v) is 3.10. The Morgan fingerprint density at radius 2 is 2.00 bits per heavy atom. The van der Waals surface area contributed by atoms with Crippen molar-refractivity contribution in [2.45, 2.75) is 38.0 Å². The summed E-state index contributed by atoms with van der Waals surface area (Å²) in [4.78, 5) is 0. The van der Waals surface area contributed by atoms with Gasteiger partial charge in [0.2, 0.25) is 0 Å². The van der Waals surface area contributed by atoms with Gasteiger partial charge in [-0.3, -0.25) is 0 Å². The van der Waals surface area contributed by atoms with Crippen LogP contribution in [0.4, 0.5) is 4.39 Å². The Bertz CT molecular complexity index is 399. The Kier molecular flexibility index (Phi) is 3.62. The van der Waals surface area contributed by atoms with Crippen LogP contribution in [0.3, 0.4) is 0 Å². The maximum Gasteiger partial charge on any atom is 0.123 e. The molecule has 1 aliphatic carbocycles. The largest absolute Gasteiger partial charge is 0.496 e. The summed E-state index contributed by atoms with van der Waals surface area (Å²) in [6.45, 7) is 2.18. The van der Waals surface area contributed by atoms with E-state index in [0.717, 1.165) is 18.4 Å². The molecule has 0 amide bonds. The number of benzene rings is 1. The van der Waals surface area contributed by atoms with Gasteiger partial charge in [-0.15, -0.1) is 11.6 Å². The summed E-state index contributed by atoms with van der Waals surface area (Å²) in [5, 5.41) is -0.185. The van der Waals surface area contributed by atoms with Crippen molar-refractivity contribution in [1.82, 2.24) is 0 Å². The van der Waals surface area contributed by atoms with Crippen LogP contribution >= 0.6 is 11.6 Å². The molecule has 0 bridgehead atoms. The van der Waals surface area contributed by atoms with Crippen molar-refractivity contribution < 1.29 is 9.13 Å². The molecule has 1 aromatic carbocycles. The lowest BCUT2D eigenvalue weighted by Gasteiger charge is -2.30. The highest BCUT2D eigenvalue weighted by Gasteiger charge is 2.38. The van der Waals surface area contributed by atoms with E-state index < -0.39 is 0 Å². The van der Waals surface area contributed by atoms with E-state index in [1.165, 1.54) is 25.0 Å². The van der Waals surface area contributed by atoms with Crippen LogP contribution in [0, 0.1) is 11.2 Å². The standard InChI is InChI=1S/C14H18ClFO/c1-14(7-3-4-8-14)13(15)11-9-10(16)5-6-12(11)17-2/h5-6,9,13H,3-4,7-8H2,1-2H3. The van der Waals surface area contributed by atoms with E-state index in [4.69, 9.17) is 16.3 Å². The molecule has 1 saturated carbocycles. The Morgan fingerprint density at radius 1 is 1.35 bits per heavy atom. The van der Waals surface area contributed by atoms with Gasteiger partial charge in [0.15, 0.2) is 0 Å². The number of ether oxygens (including phenoxy) is 1. The van der Waals surface area contributed by atoms with Crippen LogP contribution in [0.25, 0.3) is 0 Å². The highest BCUT2D eigenvalue weighted by Crippen LogP contribution is 2.52. The zero-order valence-corrected chi connectivity index (χ0v) is 11.1. The van der Waals surface area contributed by atoms with Crippen LogP contribution in [0.15, 0.2) is 18.2 Å². The minimum Gasteiger partial charge on any atom is -0.496 e. The third-order valence-electron chi connectivity index (χ3n) is 3.82. The molecule has 0 radical (unpaired) electrons. The number of rotatable bonds is 3. The van der Waals surface area contributed by atoms with Crippen molar-refractivity contribution in [2.24, 2.45) is 5.41 Å². The van der Waals surface area contributed by atoms with Crippen LogP contribution < -0.4 is 4.74 Å². The summed E-state index contributed by atoms with van der Waals surface area (Å²) in [5.74, 6) is 0.424. The zero-order valence-electron chi connectivity index (χ0n) is 10.3. The van der Waals surface area contributed by atoms with Crippen molar-refractivity contribution in [2.75, 3.05) is 7.11 Å². The Morgan fingerprint density at radius 3 is 2.59 bits per heavy atom. The number of hydrogen-bond donors (Lipinski definition) is 0. The Labute approximate surface area is 107 Å². The van der Waals surface area contributed by atoms with E-state index in [0.29, 0.717) is 5.75 Å². The summed E-state index contributed by atoms with van der Waals surface area (Å²) in [6, 6.07) is 4.56. The lowest BCUT2D eigenvalue weighted by molar-refractivity contribution is 0.312. The fourth-order valence-electron chi connectivity index (χ4n) is 2.71. The van der Waals surface area contributed by atoms with E-state index >= 15 is 0 Å². The van der Waals surface area contributed by atoms with Crippen LogP contribution in [-0.2, 0) is 0 Å². The zero-order chi connectivity index (χ0) is 12.5. The first-order chi connectivity index (χ1) is 8.07. The first kappa shape index (κ1) is 12.7. The summed E-state index contributed by atoms with van der Waals surface area (Å²) < 4.78 is 18.6. The van der Waals surface area contributed by atoms with Gasteiger partial charge in [-0.25, -0.2) is 4.39 Å². The maximum atomic E-state index is 13.3. The second-order valence-corrected chi connectivity index (χ2v) is 5.55. The van der Waals surface area contributed by atoms with Gasteiger partial charge in [-0.2, -0.15) is 0 Å². The first-order valence-corrected chi connectivity index (χ1v) is 6.48. The van der Waals surface area contributed by atoms with Gasteiger partial charge in [0, 0.05) is 5.56 Å². The van der Waals surface area contributed by atoms with Gasteiger partial charge >= 0.3 is 0 Å². The molecule has 94 valence electrons. The molecule has 0 aliphatic heterocycles. The van der Waals surface area contributed by atoms with Crippen LogP contribution in [0.2, 0.25) is 0 Å². The molecule has 17 heavy (non-hydrogen) atoms. The molecule has 1 atom stereocenters. The van der Waals surface area contributed by atoms with Crippen LogP contribution in [0.5, 0.6) is 5.75 Å². The SMILES string of the molecule is COc1ccc(F)cc1C(Cl)C1(C)CCCC1. The quantitative estimate of drug-likeness (QED) is 0.713. The van der Waals surface area contributed by atoms with Crippen molar-refractivity contribution in [3.8, 4) is 5.75 Å². The molecule has 1 aliphatic rings. The molecular formula is C14H18ClFO. The second kappa shape index (κ2) is 4.85. The molecule has 1 fully saturated rings. The van der Waals surface area contributed by atoms with Gasteiger partial charge in [-0.1, -0.05) is 19.8 Å². The smallest absolute Gasteiger partial charge is 0.123 e. The molecule has 0 N–H and O–H groups in total. The highest BCUT2D eigenvalue weighted by atomic mass is 35.5. The molecule has 1 unspecified atom stereocenters. The molecule has 0 saturated heterocycles. The molecule has 0 heterocycles. The van der Waals surface area contributed by atoms with Crippen molar-refractivity contribution in [3.05, 3.63) is 29.6 Å². The van der Waals surface area contributed by atoms with Crippen molar-refractivity contribution in [1.29, 1.82) is 0 Å². The molecule has 1 nitrogen and oxygen atoms in total. The highest BCUT2D eigenvalue weighted by molar-refractivity contribution is 6.21. The van der Waals surface area contributed by atoms with Gasteiger partial charge in [-0.05, 0) is 36.5 Å². The van der Waals surface area contributed by atoms with E-state index in [1.807, 2.05) is 0 Å². The normalized spacial score (nSPS) is 20.2. The average molecular weight is 257 g/mol. The number of halogens is 2. The summed E-state index contributed by atoms with van der Waals surface area (Å²) >= 11 is 6.56. The fraction of sp³-hybridized carbons (Fsp3) is 0.571. The molecule has 0 spiro atoms. The predicted octanol–water partition coefficient (Wildman–Crippen LogP) is 4.69. The molecule has 1 aromatic rings. The van der Waals surface area contributed by atoms with Crippen LogP contribution in [0.1, 0.15) is 43.5 Å². The van der Waals surface area contributed by atoms with E-state index in [-0.39, 0.29) is 16.6 Å². The Hall–Kier alpha value is -0.760. The van der Waals surface area contributed by atoms with Gasteiger partial charge in [0.05, 0.1) is 12.5 Å². The second-order valence-electron chi connectivity index (χ2n) is 5.11. The van der Waals surface area contributed by atoms with Gasteiger partial charge in [0.1, 0.15) is 11.6 Å². The van der Waals surface area contributed by atoms with Crippen LogP contribution in [-0.4, -0.2) is 7.11 Å². The van der Waals surface area contributed by atoms with Gasteiger partial charge in [0.25, 0.3) is 0 Å². The van der Waals surface area contributed by atoms with Crippen molar-refractivity contribution in [3.63, 3.8) is 0 Å². The number of alkyl halides is 1. The minimum absolute atomic E-state index is 0.0582. The summed E-state index contributed by atoms with van der Waals surface area (Å²) in [5.41, 5.74) is 0.835. The summed E-state index contributed by atoms with van der Waals surface area (Å²) in [7, 11) is 1.59. The van der Waals surface area contributed by atoms with Crippen molar-refractivity contribution >= 4 is 11.6 Å². The first-order valence-electron chi connectivity index (χ1n) is 6.04. The van der Waals surface area contributed by atoms with E-state index in [9.17, 15) is 4.39 Å². The monoisotopic (exact) mass is 256 g/mol. The minimum atomic E-state index is -0.256. The Balaban J connectivity index is 2.35. The third kappa shape index (κ3) is 2.42. The van der Waals surface area contributed by atoms with E-state index in [2.05, 4.69) is 6.92 Å². The maximum absolute atomic E-state index is 13.3. The number of hydrogen-bond acceptors (Lipinski definition) is 1. The molecular weight excluding hydrogens is 239 g/mol. The van der Waals surface area contributed by atoms with E-state index in [1.54, 1.807) is 13.2 Å².